The van der Waals surface area contributed by atoms with Gasteiger partial charge in [-0.1, -0.05) is 17.7 Å². The lowest BCUT2D eigenvalue weighted by Gasteiger charge is -2.08. The van der Waals surface area contributed by atoms with Crippen molar-refractivity contribution in [2.24, 2.45) is 5.10 Å². The molecule has 0 aliphatic carbocycles. The Morgan fingerprint density at radius 3 is 2.20 bits per heavy atom. The summed E-state index contributed by atoms with van der Waals surface area (Å²) in [4.78, 5) is 0. The molecule has 0 saturated carbocycles. The first-order chi connectivity index (χ1) is 12.1. The highest BCUT2D eigenvalue weighted by atomic mass is 35.5. The zero-order chi connectivity index (χ0) is 17.6. The molecule has 0 amide bonds. The molecule has 25 heavy (non-hydrogen) atoms. The molecule has 3 nitrogen and oxygen atoms in total. The number of nitrogens with zero attached hydrogens (tertiary/aromatic N) is 1. The summed E-state index contributed by atoms with van der Waals surface area (Å²) in [5, 5.41) is 4.92. The van der Waals surface area contributed by atoms with Crippen LogP contribution in [0.3, 0.4) is 0 Å². The first-order valence-corrected chi connectivity index (χ1v) is 8.38. The Hall–Kier alpha value is -2.78. The van der Waals surface area contributed by atoms with Crippen LogP contribution in [0.15, 0.2) is 71.8 Å². The molecule has 0 spiro atoms. The Morgan fingerprint density at radius 2 is 1.52 bits per heavy atom. The van der Waals surface area contributed by atoms with Crippen LogP contribution in [0.2, 0.25) is 5.02 Å². The lowest BCUT2D eigenvalue weighted by atomic mass is 10.1. The fraction of sp³-hybridized carbons (Fsp3) is 0.0952. The third-order valence-corrected chi connectivity index (χ3v) is 4.10. The van der Waals surface area contributed by atoms with Crippen LogP contribution in [0.1, 0.15) is 16.7 Å². The molecule has 3 aromatic rings. The van der Waals surface area contributed by atoms with E-state index in [0.717, 1.165) is 22.7 Å². The molecule has 0 unspecified atom stereocenters. The maximum absolute atomic E-state index is 5.88. The SMILES string of the molecule is Cc1ccc(Oc2ccc(C=NNc3ccc(Cl)cc3)cc2)cc1C. The van der Waals surface area contributed by atoms with E-state index in [1.54, 1.807) is 6.21 Å². The van der Waals surface area contributed by atoms with E-state index < -0.39 is 0 Å². The molecule has 0 saturated heterocycles. The van der Waals surface area contributed by atoms with Crippen LogP contribution in [0.5, 0.6) is 11.5 Å². The van der Waals surface area contributed by atoms with Crippen molar-refractivity contribution in [1.29, 1.82) is 0 Å². The van der Waals surface area contributed by atoms with Gasteiger partial charge in [0, 0.05) is 5.02 Å². The first-order valence-electron chi connectivity index (χ1n) is 8.00. The van der Waals surface area contributed by atoms with Crippen molar-refractivity contribution in [3.8, 4) is 11.5 Å². The van der Waals surface area contributed by atoms with Crippen LogP contribution in [0.4, 0.5) is 5.69 Å². The number of hydrogen-bond donors (Lipinski definition) is 1. The van der Waals surface area contributed by atoms with Crippen molar-refractivity contribution in [2.75, 3.05) is 5.43 Å². The number of nitrogens with one attached hydrogen (secondary N) is 1. The summed E-state index contributed by atoms with van der Waals surface area (Å²) in [6, 6.07) is 21.3. The van der Waals surface area contributed by atoms with E-state index in [9.17, 15) is 0 Å². The molecule has 0 radical (unpaired) electrons. The van der Waals surface area contributed by atoms with Gasteiger partial charge in [-0.15, -0.1) is 0 Å². The summed E-state index contributed by atoms with van der Waals surface area (Å²) in [6.45, 7) is 4.17. The fourth-order valence-electron chi connectivity index (χ4n) is 2.24. The van der Waals surface area contributed by atoms with E-state index in [1.807, 2.05) is 60.7 Å². The monoisotopic (exact) mass is 350 g/mol. The molecule has 0 aliphatic heterocycles. The Labute approximate surface area is 152 Å². The van der Waals surface area contributed by atoms with Gasteiger partial charge in [0.2, 0.25) is 0 Å². The summed E-state index contributed by atoms with van der Waals surface area (Å²) in [6.07, 6.45) is 1.76. The quantitative estimate of drug-likeness (QED) is 0.439. The van der Waals surface area contributed by atoms with E-state index in [0.29, 0.717) is 5.02 Å². The van der Waals surface area contributed by atoms with Crippen LogP contribution in [0, 0.1) is 13.8 Å². The molecule has 3 aromatic carbocycles. The number of rotatable bonds is 5. The molecular formula is C21H19ClN2O. The van der Waals surface area contributed by atoms with Gasteiger partial charge in [-0.25, -0.2) is 0 Å². The minimum absolute atomic E-state index is 0.703. The summed E-state index contributed by atoms with van der Waals surface area (Å²) in [5.41, 5.74) is 7.30. The van der Waals surface area contributed by atoms with Crippen LogP contribution in [-0.2, 0) is 0 Å². The van der Waals surface area contributed by atoms with E-state index >= 15 is 0 Å². The van der Waals surface area contributed by atoms with Crippen molar-refractivity contribution in [3.63, 3.8) is 0 Å². The van der Waals surface area contributed by atoms with Crippen LogP contribution in [-0.4, -0.2) is 6.21 Å². The van der Waals surface area contributed by atoms with Crippen LogP contribution < -0.4 is 10.2 Å². The minimum atomic E-state index is 0.703. The molecule has 1 N–H and O–H groups in total. The number of benzene rings is 3. The number of anilines is 1. The van der Waals surface area contributed by atoms with Gasteiger partial charge >= 0.3 is 0 Å². The number of aryl methyl sites for hydroxylation is 2. The van der Waals surface area contributed by atoms with E-state index in [-0.39, 0.29) is 0 Å². The Balaban J connectivity index is 1.60. The number of ether oxygens (including phenoxy) is 1. The van der Waals surface area contributed by atoms with E-state index in [1.165, 1.54) is 11.1 Å². The van der Waals surface area contributed by atoms with Gasteiger partial charge in [-0.05, 0) is 91.2 Å². The lowest BCUT2D eigenvalue weighted by molar-refractivity contribution is 0.482. The molecule has 0 aromatic heterocycles. The normalized spacial score (nSPS) is 10.8. The van der Waals surface area contributed by atoms with Gasteiger partial charge in [0.05, 0.1) is 11.9 Å². The molecule has 0 heterocycles. The molecule has 0 aliphatic rings. The molecule has 0 bridgehead atoms. The van der Waals surface area contributed by atoms with Gasteiger partial charge in [0.15, 0.2) is 0 Å². The Morgan fingerprint density at radius 1 is 0.840 bits per heavy atom. The molecule has 0 fully saturated rings. The maximum Gasteiger partial charge on any atom is 0.127 e. The molecule has 126 valence electrons. The van der Waals surface area contributed by atoms with Crippen molar-refractivity contribution in [1.82, 2.24) is 0 Å². The van der Waals surface area contributed by atoms with Gasteiger partial charge < -0.3 is 4.74 Å². The first kappa shape index (κ1) is 17.1. The largest absolute Gasteiger partial charge is 0.457 e. The second kappa shape index (κ2) is 7.86. The highest BCUT2D eigenvalue weighted by Crippen LogP contribution is 2.23. The number of hydrogen-bond acceptors (Lipinski definition) is 3. The standard InChI is InChI=1S/C21H19ClN2O/c1-15-3-10-21(13-16(15)2)25-20-11-4-17(5-12-20)14-23-24-19-8-6-18(22)7-9-19/h3-14,24H,1-2H3. The van der Waals surface area contributed by atoms with Gasteiger partial charge in [-0.2, -0.15) is 5.10 Å². The van der Waals surface area contributed by atoms with Gasteiger partial charge in [-0.3, -0.25) is 5.43 Å². The van der Waals surface area contributed by atoms with E-state index in [4.69, 9.17) is 16.3 Å². The van der Waals surface area contributed by atoms with Crippen molar-refractivity contribution in [2.45, 2.75) is 13.8 Å². The third kappa shape index (κ3) is 4.85. The van der Waals surface area contributed by atoms with E-state index in [2.05, 4.69) is 30.4 Å². The summed E-state index contributed by atoms with van der Waals surface area (Å²) >= 11 is 5.85. The lowest BCUT2D eigenvalue weighted by Crippen LogP contribution is -1.91. The van der Waals surface area contributed by atoms with Gasteiger partial charge in [0.25, 0.3) is 0 Å². The average Bonchev–Trinajstić information content (AvgIpc) is 2.61. The van der Waals surface area contributed by atoms with Crippen molar-refractivity contribution < 1.29 is 4.74 Å². The molecular weight excluding hydrogens is 332 g/mol. The second-order valence-electron chi connectivity index (χ2n) is 5.79. The highest BCUT2D eigenvalue weighted by Gasteiger charge is 2.00. The highest BCUT2D eigenvalue weighted by molar-refractivity contribution is 6.30. The molecule has 4 heteroatoms. The predicted octanol–water partition coefficient (Wildman–Crippen LogP) is 6.20. The number of halogens is 1. The summed E-state index contributed by atoms with van der Waals surface area (Å²) < 4.78 is 5.88. The van der Waals surface area contributed by atoms with Crippen molar-refractivity contribution in [3.05, 3.63) is 88.4 Å². The topological polar surface area (TPSA) is 33.6 Å². The number of hydrazone groups is 1. The molecule has 0 atom stereocenters. The predicted molar refractivity (Wildman–Crippen MR) is 105 cm³/mol. The smallest absolute Gasteiger partial charge is 0.127 e. The zero-order valence-corrected chi connectivity index (χ0v) is 14.9. The minimum Gasteiger partial charge on any atom is -0.457 e. The fourth-order valence-corrected chi connectivity index (χ4v) is 2.37. The van der Waals surface area contributed by atoms with Crippen molar-refractivity contribution >= 4 is 23.5 Å². The van der Waals surface area contributed by atoms with Gasteiger partial charge in [0.1, 0.15) is 11.5 Å². The molecule has 3 rings (SSSR count). The van der Waals surface area contributed by atoms with Crippen LogP contribution >= 0.6 is 11.6 Å². The Bertz CT molecular complexity index is 871. The maximum atomic E-state index is 5.88. The zero-order valence-electron chi connectivity index (χ0n) is 14.2. The third-order valence-electron chi connectivity index (χ3n) is 3.85. The summed E-state index contributed by atoms with van der Waals surface area (Å²) in [7, 11) is 0. The summed E-state index contributed by atoms with van der Waals surface area (Å²) in [5.74, 6) is 1.64. The average molecular weight is 351 g/mol. The Kier molecular flexibility index (Phi) is 5.36. The second-order valence-corrected chi connectivity index (χ2v) is 6.23. The van der Waals surface area contributed by atoms with Crippen LogP contribution in [0.25, 0.3) is 0 Å².